The Kier molecular flexibility index (Phi) is 9.89. The lowest BCUT2D eigenvalue weighted by molar-refractivity contribution is -0.384. The molecule has 0 radical (unpaired) electrons. The van der Waals surface area contributed by atoms with Crippen molar-refractivity contribution in [3.63, 3.8) is 0 Å². The molecule has 0 bridgehead atoms. The number of hydrogen-bond donors (Lipinski definition) is 4. The Labute approximate surface area is 291 Å². The van der Waals surface area contributed by atoms with Gasteiger partial charge < -0.3 is 20.0 Å². The van der Waals surface area contributed by atoms with Crippen LogP contribution < -0.4 is 10.6 Å². The summed E-state index contributed by atoms with van der Waals surface area (Å²) in [5.74, 6) is -0.656. The van der Waals surface area contributed by atoms with Gasteiger partial charge >= 0.3 is 6.09 Å². The van der Waals surface area contributed by atoms with Gasteiger partial charge in [-0.25, -0.2) is 4.79 Å². The molecule has 0 atom stereocenters. The zero-order valence-corrected chi connectivity index (χ0v) is 27.8. The largest absolute Gasteiger partial charge is 0.453 e. The van der Waals surface area contributed by atoms with E-state index in [0.717, 1.165) is 44.2 Å². The maximum Gasteiger partial charge on any atom is 0.411 e. The molecule has 1 aliphatic heterocycles. The summed E-state index contributed by atoms with van der Waals surface area (Å²) in [6.07, 6.45) is 2.34. The first-order valence-electron chi connectivity index (χ1n) is 16.1. The molecule has 4 N–H and O–H groups in total. The van der Waals surface area contributed by atoms with Crippen LogP contribution in [0.1, 0.15) is 38.8 Å². The van der Waals surface area contributed by atoms with Crippen LogP contribution >= 0.6 is 0 Å². The summed E-state index contributed by atoms with van der Waals surface area (Å²) in [5.41, 5.74) is 7.26. The molecule has 4 aromatic carbocycles. The average Bonchev–Trinajstić information content (AvgIpc) is 3.79. The maximum absolute atomic E-state index is 12.4. The lowest BCUT2D eigenvalue weighted by atomic mass is 10.0. The number of nitrogens with one attached hydrogen (secondary N) is 4. The highest BCUT2D eigenvalue weighted by atomic mass is 16.6. The number of H-pyrrole nitrogens is 2. The Morgan fingerprint density at radius 2 is 1.55 bits per heavy atom. The van der Waals surface area contributed by atoms with E-state index < -0.39 is 11.0 Å². The molecule has 1 aliphatic rings. The van der Waals surface area contributed by atoms with Crippen molar-refractivity contribution >= 4 is 57.0 Å². The number of nitro groups is 1. The molecular weight excluding hydrogens is 652 g/mol. The van der Waals surface area contributed by atoms with Gasteiger partial charge in [0.25, 0.3) is 17.5 Å². The Hall–Kier alpha value is -6.76. The summed E-state index contributed by atoms with van der Waals surface area (Å²) >= 11 is 0. The Morgan fingerprint density at radius 3 is 2.22 bits per heavy atom. The number of ether oxygens (including phenoxy) is 1. The normalized spacial score (nSPS) is 12.0. The van der Waals surface area contributed by atoms with E-state index >= 15 is 0 Å². The molecule has 6 aromatic rings. The highest BCUT2D eigenvalue weighted by Gasteiger charge is 2.34. The van der Waals surface area contributed by atoms with Crippen LogP contribution in [-0.4, -0.2) is 63.8 Å². The zero-order chi connectivity index (χ0) is 36.1. The van der Waals surface area contributed by atoms with Gasteiger partial charge in [0.1, 0.15) is 0 Å². The minimum Gasteiger partial charge on any atom is -0.453 e. The van der Waals surface area contributed by atoms with Gasteiger partial charge in [-0.15, -0.1) is 0 Å². The predicted molar refractivity (Wildman–Crippen MR) is 193 cm³/mol. The number of carbonyl (C=O) groups is 4. The third-order valence-corrected chi connectivity index (χ3v) is 8.59. The molecule has 0 fully saturated rings. The van der Waals surface area contributed by atoms with E-state index in [9.17, 15) is 29.3 Å². The molecule has 13 nitrogen and oxygen atoms in total. The average molecular weight is 687 g/mol. The van der Waals surface area contributed by atoms with Crippen LogP contribution in [0, 0.1) is 10.1 Å². The number of anilines is 1. The number of non-ortho nitro benzene ring substituents is 1. The summed E-state index contributed by atoms with van der Waals surface area (Å²) in [6, 6.07) is 27.0. The number of fused-ring (bicyclic) bond motifs is 3. The second kappa shape index (κ2) is 14.8. The molecule has 2 aromatic heterocycles. The van der Waals surface area contributed by atoms with Crippen molar-refractivity contribution in [2.75, 3.05) is 25.5 Å². The lowest BCUT2D eigenvalue weighted by Gasteiger charge is -2.13. The number of imide groups is 1. The second-order valence-corrected chi connectivity index (χ2v) is 11.8. The van der Waals surface area contributed by atoms with Crippen molar-refractivity contribution in [3.8, 4) is 11.3 Å². The fourth-order valence-corrected chi connectivity index (χ4v) is 6.13. The first-order chi connectivity index (χ1) is 24.6. The van der Waals surface area contributed by atoms with Crippen molar-refractivity contribution < 1.29 is 28.8 Å². The number of hydrogen-bond acceptors (Lipinski definition) is 7. The van der Waals surface area contributed by atoms with Crippen LogP contribution in [0.4, 0.5) is 16.2 Å². The van der Waals surface area contributed by atoms with Gasteiger partial charge in [-0.1, -0.05) is 42.5 Å². The third-order valence-electron chi connectivity index (χ3n) is 8.59. The fraction of sp³-hybridized carbons (Fsp3) is 0.158. The van der Waals surface area contributed by atoms with Gasteiger partial charge in [-0.3, -0.25) is 34.7 Å². The quantitative estimate of drug-likeness (QED) is 0.0751. The Bertz CT molecular complexity index is 2260. The number of nitro benzene ring substituents is 1. The van der Waals surface area contributed by atoms with Gasteiger partial charge in [0.2, 0.25) is 5.91 Å². The molecule has 51 heavy (non-hydrogen) atoms. The van der Waals surface area contributed by atoms with Crippen LogP contribution in [0.5, 0.6) is 0 Å². The monoisotopic (exact) mass is 686 g/mol. The molecule has 0 saturated carbocycles. The SMILES string of the molecule is COC(=O)Nc1ccc2[nH]c(-c3ccccc3)c(CCNC(C)=O)c2c1.O=C1c2ccccc2C(=O)N1CCc1c[nH]c2ccc([N+](=O)[O-])cc12. The van der Waals surface area contributed by atoms with Gasteiger partial charge in [0.15, 0.2) is 0 Å². The van der Waals surface area contributed by atoms with Gasteiger partial charge in [-0.2, -0.15) is 0 Å². The van der Waals surface area contributed by atoms with Crippen molar-refractivity contribution in [2.45, 2.75) is 19.8 Å². The minimum atomic E-state index is -0.511. The predicted octanol–water partition coefficient (Wildman–Crippen LogP) is 6.61. The molecule has 0 unspecified atom stereocenters. The van der Waals surface area contributed by atoms with Crippen LogP contribution in [-0.2, 0) is 22.4 Å². The maximum atomic E-state index is 12.4. The van der Waals surface area contributed by atoms with Crippen LogP contribution in [0.15, 0.2) is 97.2 Å². The number of nitrogens with zero attached hydrogens (tertiary/aromatic N) is 2. The van der Waals surface area contributed by atoms with Gasteiger partial charge in [0, 0.05) is 71.5 Å². The second-order valence-electron chi connectivity index (χ2n) is 11.8. The molecule has 3 heterocycles. The van der Waals surface area contributed by atoms with E-state index in [1.807, 2.05) is 48.5 Å². The summed E-state index contributed by atoms with van der Waals surface area (Å²) in [7, 11) is 1.33. The zero-order valence-electron chi connectivity index (χ0n) is 27.8. The van der Waals surface area contributed by atoms with Crippen molar-refractivity contribution in [3.05, 3.63) is 130 Å². The lowest BCUT2D eigenvalue weighted by Crippen LogP contribution is -2.31. The molecule has 0 saturated heterocycles. The van der Waals surface area contributed by atoms with E-state index in [0.29, 0.717) is 36.2 Å². The minimum absolute atomic E-state index is 0.00841. The molecule has 0 spiro atoms. The number of aromatic amines is 2. The topological polar surface area (TPSA) is 180 Å². The summed E-state index contributed by atoms with van der Waals surface area (Å²) in [6.45, 7) is 2.27. The fourth-order valence-electron chi connectivity index (χ4n) is 6.13. The third kappa shape index (κ3) is 7.32. The molecule has 258 valence electrons. The number of aromatic nitrogens is 2. The first-order valence-corrected chi connectivity index (χ1v) is 16.1. The molecular formula is C38H34N6O7. The molecule has 7 rings (SSSR count). The number of benzene rings is 4. The summed E-state index contributed by atoms with van der Waals surface area (Å²) in [5, 5.41) is 18.2. The molecule has 4 amide bonds. The van der Waals surface area contributed by atoms with E-state index in [2.05, 4.69) is 25.3 Å². The summed E-state index contributed by atoms with van der Waals surface area (Å²) < 4.78 is 4.66. The number of rotatable bonds is 9. The van der Waals surface area contributed by atoms with Crippen LogP contribution in [0.25, 0.3) is 33.1 Å². The van der Waals surface area contributed by atoms with Gasteiger partial charge in [0.05, 0.1) is 23.2 Å². The number of carbonyl (C=O) groups excluding carboxylic acids is 4. The van der Waals surface area contributed by atoms with E-state index in [4.69, 9.17) is 0 Å². The molecule has 0 aliphatic carbocycles. The smallest absolute Gasteiger partial charge is 0.411 e. The number of amides is 4. The molecule has 13 heteroatoms. The highest BCUT2D eigenvalue weighted by molar-refractivity contribution is 6.21. The van der Waals surface area contributed by atoms with Gasteiger partial charge in [-0.05, 0) is 65.9 Å². The Morgan fingerprint density at radius 1 is 0.863 bits per heavy atom. The van der Waals surface area contributed by atoms with E-state index in [1.165, 1.54) is 31.1 Å². The van der Waals surface area contributed by atoms with Crippen LogP contribution in [0.3, 0.4) is 0 Å². The van der Waals surface area contributed by atoms with Crippen molar-refractivity contribution in [1.29, 1.82) is 0 Å². The van der Waals surface area contributed by atoms with Crippen molar-refractivity contribution in [2.24, 2.45) is 0 Å². The Balaban J connectivity index is 0.000000176. The highest BCUT2D eigenvalue weighted by Crippen LogP contribution is 2.32. The number of methoxy groups -OCH3 is 1. The standard InChI is InChI=1S/C20H21N3O3.C18H13N3O4/c1-13(24)21-11-10-16-17-12-15(22-20(25)26-2)8-9-18(17)23-19(16)14-6-4-3-5-7-14;22-17-13-3-1-2-4-14(13)18(23)20(17)8-7-11-10-19-16-6-5-12(21(24)25)9-15(11)16/h3-9,12,23H,10-11H2,1-2H3,(H,21,24)(H,22,25);1-6,9-10,19H,7-8H2. The van der Waals surface area contributed by atoms with Crippen LogP contribution in [0.2, 0.25) is 0 Å². The van der Waals surface area contributed by atoms with E-state index in [1.54, 1.807) is 36.5 Å². The first kappa shape index (κ1) is 34.1. The summed E-state index contributed by atoms with van der Waals surface area (Å²) in [4.78, 5) is 65.7. The van der Waals surface area contributed by atoms with Crippen molar-refractivity contribution in [1.82, 2.24) is 20.2 Å². The van der Waals surface area contributed by atoms with E-state index in [-0.39, 0.29) is 30.0 Å².